The van der Waals surface area contributed by atoms with E-state index < -0.39 is 24.2 Å². The van der Waals surface area contributed by atoms with Crippen molar-refractivity contribution in [3.63, 3.8) is 0 Å². The van der Waals surface area contributed by atoms with Gasteiger partial charge in [-0.1, -0.05) is 70.2 Å². The van der Waals surface area contributed by atoms with E-state index in [1.54, 1.807) is 19.8 Å². The topological polar surface area (TPSA) is 21.7 Å². The molecule has 0 amide bonds. The highest BCUT2D eigenvalue weighted by molar-refractivity contribution is 6.97. The maximum atomic E-state index is 5.35. The molecule has 150 valence electrons. The molecule has 3 nitrogen and oxygen atoms in total. The fourth-order valence-corrected chi connectivity index (χ4v) is 18.8. The molecule has 0 bridgehead atoms. The lowest BCUT2D eigenvalue weighted by atomic mass is 10.3. The van der Waals surface area contributed by atoms with Gasteiger partial charge in [-0.2, -0.15) is 0 Å². The molecular formula is C19H45NO2Si3. The minimum atomic E-state index is -1.29. The van der Waals surface area contributed by atoms with E-state index in [-0.39, 0.29) is 0 Å². The molecule has 0 spiro atoms. The first-order valence-corrected chi connectivity index (χ1v) is 20.4. The molecule has 6 heteroatoms. The quantitative estimate of drug-likeness (QED) is 0.429. The van der Waals surface area contributed by atoms with Gasteiger partial charge in [-0.25, -0.2) is 0 Å². The summed E-state index contributed by atoms with van der Waals surface area (Å²) in [7, 11) is -0.268. The second-order valence-electron chi connectivity index (χ2n) is 10.5. The maximum absolute atomic E-state index is 5.35. The van der Waals surface area contributed by atoms with Gasteiger partial charge in [0.15, 0.2) is 0 Å². The van der Waals surface area contributed by atoms with Crippen molar-refractivity contribution in [2.75, 3.05) is 47.1 Å². The highest BCUT2D eigenvalue weighted by Gasteiger charge is 2.40. The Labute approximate surface area is 161 Å². The number of ether oxygens (including phenoxy) is 2. The molecule has 0 aromatic carbocycles. The predicted molar refractivity (Wildman–Crippen MR) is 122 cm³/mol. The Bertz CT molecular complexity index is 384. The van der Waals surface area contributed by atoms with Gasteiger partial charge in [0.25, 0.3) is 0 Å². The molecule has 0 N–H and O–H groups in total. The summed E-state index contributed by atoms with van der Waals surface area (Å²) in [6.45, 7) is 27.4. The molecule has 0 rings (SSSR count). The second kappa shape index (κ2) is 10.6. The monoisotopic (exact) mass is 403 g/mol. The number of hydrogen-bond donors (Lipinski definition) is 0. The van der Waals surface area contributed by atoms with Crippen LogP contribution in [0.2, 0.25) is 64.1 Å². The largest absolute Gasteiger partial charge is 0.383 e. The summed E-state index contributed by atoms with van der Waals surface area (Å²) in [5, 5.41) is 0.819. The lowest BCUT2D eigenvalue weighted by molar-refractivity contribution is 0.119. The summed E-state index contributed by atoms with van der Waals surface area (Å²) >= 11 is 0. The number of nitrogens with zero attached hydrogens (tertiary/aromatic N) is 1. The van der Waals surface area contributed by atoms with E-state index in [1.165, 1.54) is 0 Å². The van der Waals surface area contributed by atoms with Crippen LogP contribution < -0.4 is 0 Å². The van der Waals surface area contributed by atoms with Crippen LogP contribution in [-0.2, 0) is 9.47 Å². The molecular weight excluding hydrogens is 358 g/mol. The van der Waals surface area contributed by atoms with E-state index in [2.05, 4.69) is 69.5 Å². The summed E-state index contributed by atoms with van der Waals surface area (Å²) < 4.78 is 10.7. The molecule has 0 saturated heterocycles. The molecule has 0 aromatic heterocycles. The third kappa shape index (κ3) is 10.9. The Kier molecular flexibility index (Phi) is 10.7. The molecule has 0 heterocycles. The molecule has 25 heavy (non-hydrogen) atoms. The second-order valence-corrected chi connectivity index (χ2v) is 26.7. The van der Waals surface area contributed by atoms with Gasteiger partial charge in [-0.05, 0) is 5.16 Å². The minimum Gasteiger partial charge on any atom is -0.383 e. The molecule has 0 saturated carbocycles. The van der Waals surface area contributed by atoms with Crippen LogP contribution in [0.15, 0.2) is 11.3 Å². The van der Waals surface area contributed by atoms with Gasteiger partial charge in [-0.3, -0.25) is 4.90 Å². The first-order chi connectivity index (χ1) is 11.2. The average Bonchev–Trinajstić information content (AvgIpc) is 2.36. The normalized spacial score (nSPS) is 14.7. The summed E-state index contributed by atoms with van der Waals surface area (Å²) in [6.07, 6.45) is 0. The average molecular weight is 404 g/mol. The van der Waals surface area contributed by atoms with Crippen molar-refractivity contribution in [1.82, 2.24) is 4.90 Å². The summed E-state index contributed by atoms with van der Waals surface area (Å²) in [5.41, 5.74) is 4.44. The Morgan fingerprint density at radius 3 is 1.48 bits per heavy atom. The third-order valence-corrected chi connectivity index (χ3v) is 15.0. The molecule has 0 radical (unpaired) electrons. The first-order valence-electron chi connectivity index (χ1n) is 9.64. The molecule has 0 atom stereocenters. The van der Waals surface area contributed by atoms with Crippen LogP contribution in [0.25, 0.3) is 0 Å². The molecule has 0 aromatic rings. The molecule has 0 aliphatic carbocycles. The standard InChI is InChI=1S/C19H45NO2Si3/c1-21-14-12-20(13-15-22-2)16-18(17-23(3,4)5)19(24(6,7)8)25(9,10)11/h17,19H,12-16H2,1-11H3/b18-17-. The lowest BCUT2D eigenvalue weighted by Crippen LogP contribution is -2.48. The van der Waals surface area contributed by atoms with Gasteiger partial charge in [0.05, 0.1) is 21.3 Å². The van der Waals surface area contributed by atoms with Crippen LogP contribution in [0, 0.1) is 0 Å². The van der Waals surface area contributed by atoms with E-state index in [0.29, 0.717) is 0 Å². The van der Waals surface area contributed by atoms with Crippen LogP contribution in [-0.4, -0.2) is 76.2 Å². The Balaban J connectivity index is 5.77. The van der Waals surface area contributed by atoms with Crippen LogP contribution in [0.5, 0.6) is 0 Å². The van der Waals surface area contributed by atoms with Crippen LogP contribution in [0.1, 0.15) is 0 Å². The van der Waals surface area contributed by atoms with E-state index >= 15 is 0 Å². The van der Waals surface area contributed by atoms with Crippen LogP contribution >= 0.6 is 0 Å². The van der Waals surface area contributed by atoms with Crippen molar-refractivity contribution >= 4 is 24.2 Å². The lowest BCUT2D eigenvalue weighted by Gasteiger charge is -2.42. The summed E-state index contributed by atoms with van der Waals surface area (Å²) in [6, 6.07) is 0. The highest BCUT2D eigenvalue weighted by Crippen LogP contribution is 2.39. The molecule has 0 unspecified atom stereocenters. The Hall–Kier alpha value is 0.271. The van der Waals surface area contributed by atoms with Crippen molar-refractivity contribution in [2.45, 2.75) is 64.1 Å². The van der Waals surface area contributed by atoms with Gasteiger partial charge in [0, 0.05) is 50.0 Å². The molecule has 0 aliphatic heterocycles. The smallest absolute Gasteiger partial charge is 0.0686 e. The number of rotatable bonds is 12. The van der Waals surface area contributed by atoms with Gasteiger partial charge in [0.1, 0.15) is 0 Å². The zero-order chi connectivity index (χ0) is 19.9. The van der Waals surface area contributed by atoms with E-state index in [4.69, 9.17) is 9.47 Å². The predicted octanol–water partition coefficient (Wildman–Crippen LogP) is 4.97. The van der Waals surface area contributed by atoms with Gasteiger partial charge in [-0.15, -0.1) is 0 Å². The van der Waals surface area contributed by atoms with Crippen molar-refractivity contribution in [2.24, 2.45) is 0 Å². The van der Waals surface area contributed by atoms with E-state index in [1.807, 2.05) is 0 Å². The fraction of sp³-hybridized carbons (Fsp3) is 0.895. The van der Waals surface area contributed by atoms with Gasteiger partial charge in [0.2, 0.25) is 0 Å². The SMILES string of the molecule is COCCN(CCOC)C/C(=C/[Si](C)(C)C)C([Si](C)(C)C)[Si](C)(C)C. The van der Waals surface area contributed by atoms with Crippen molar-refractivity contribution < 1.29 is 9.47 Å². The zero-order valence-electron chi connectivity index (χ0n) is 19.0. The molecule has 0 fully saturated rings. The zero-order valence-corrected chi connectivity index (χ0v) is 22.0. The Morgan fingerprint density at radius 2 is 1.20 bits per heavy atom. The third-order valence-electron chi connectivity index (χ3n) is 4.35. The van der Waals surface area contributed by atoms with Crippen molar-refractivity contribution in [1.29, 1.82) is 0 Å². The van der Waals surface area contributed by atoms with Crippen LogP contribution in [0.3, 0.4) is 0 Å². The highest BCUT2D eigenvalue weighted by atomic mass is 28.4. The van der Waals surface area contributed by atoms with E-state index in [9.17, 15) is 0 Å². The van der Waals surface area contributed by atoms with Crippen LogP contribution in [0.4, 0.5) is 0 Å². The van der Waals surface area contributed by atoms with E-state index in [0.717, 1.165) is 38.0 Å². The minimum absolute atomic E-state index is 0.786. The van der Waals surface area contributed by atoms with Gasteiger partial charge < -0.3 is 9.47 Å². The van der Waals surface area contributed by atoms with Crippen molar-refractivity contribution in [3.05, 3.63) is 11.3 Å². The summed E-state index contributed by atoms with van der Waals surface area (Å²) in [4.78, 5) is 2.53. The van der Waals surface area contributed by atoms with Crippen molar-refractivity contribution in [3.8, 4) is 0 Å². The summed E-state index contributed by atoms with van der Waals surface area (Å²) in [5.74, 6) is 0. The first kappa shape index (κ1) is 25.3. The van der Waals surface area contributed by atoms with Gasteiger partial charge >= 0.3 is 0 Å². The fourth-order valence-electron chi connectivity index (χ4n) is 4.16. The Morgan fingerprint density at radius 1 is 0.800 bits per heavy atom. The number of methoxy groups -OCH3 is 2. The molecule has 0 aliphatic rings. The number of hydrogen-bond acceptors (Lipinski definition) is 3. The maximum Gasteiger partial charge on any atom is 0.0686 e.